The number of nitrogen functional groups attached to an aromatic ring is 1. The van der Waals surface area contributed by atoms with Crippen LogP contribution in [0, 0.1) is 11.6 Å². The van der Waals surface area contributed by atoms with Gasteiger partial charge < -0.3 is 10.3 Å². The Morgan fingerprint density at radius 2 is 1.76 bits per heavy atom. The van der Waals surface area contributed by atoms with E-state index in [1.807, 2.05) is 13.8 Å². The third kappa shape index (κ3) is 2.13. The Labute approximate surface area is 97.2 Å². The molecule has 0 bridgehead atoms. The zero-order valence-electron chi connectivity index (χ0n) is 9.50. The molecular formula is C12H12F2N2O. The van der Waals surface area contributed by atoms with E-state index in [1.165, 1.54) is 12.1 Å². The maximum absolute atomic E-state index is 13.1. The summed E-state index contributed by atoms with van der Waals surface area (Å²) in [5, 5.41) is 3.76. The lowest BCUT2D eigenvalue weighted by Gasteiger charge is -2.05. The molecule has 2 rings (SSSR count). The minimum atomic E-state index is -0.656. The summed E-state index contributed by atoms with van der Waals surface area (Å²) >= 11 is 0. The van der Waals surface area contributed by atoms with Gasteiger partial charge in [0.05, 0.1) is 0 Å². The summed E-state index contributed by atoms with van der Waals surface area (Å²) in [4.78, 5) is 0. The van der Waals surface area contributed by atoms with E-state index >= 15 is 0 Å². The Bertz CT molecular complexity index is 529. The van der Waals surface area contributed by atoms with Gasteiger partial charge in [-0.15, -0.1) is 0 Å². The molecule has 17 heavy (non-hydrogen) atoms. The van der Waals surface area contributed by atoms with Gasteiger partial charge in [-0.3, -0.25) is 0 Å². The maximum Gasteiger partial charge on any atom is 0.226 e. The van der Waals surface area contributed by atoms with Crippen molar-refractivity contribution < 1.29 is 13.3 Å². The summed E-state index contributed by atoms with van der Waals surface area (Å²) in [5.41, 5.74) is 7.01. The van der Waals surface area contributed by atoms with Crippen LogP contribution in [0.4, 0.5) is 14.7 Å². The molecule has 0 aliphatic rings. The van der Waals surface area contributed by atoms with Gasteiger partial charge in [-0.2, -0.15) is 0 Å². The topological polar surface area (TPSA) is 52.0 Å². The third-order valence-electron chi connectivity index (χ3n) is 2.47. The fraction of sp³-hybridized carbons (Fsp3) is 0.250. The second-order valence-corrected chi connectivity index (χ2v) is 4.12. The Kier molecular flexibility index (Phi) is 2.83. The minimum absolute atomic E-state index is 0.0579. The zero-order chi connectivity index (χ0) is 12.6. The van der Waals surface area contributed by atoms with Gasteiger partial charge in [0.15, 0.2) is 0 Å². The van der Waals surface area contributed by atoms with Crippen LogP contribution in [0.15, 0.2) is 22.7 Å². The number of nitrogens with zero attached hydrogens (tertiary/aromatic N) is 1. The maximum atomic E-state index is 13.1. The van der Waals surface area contributed by atoms with Crippen LogP contribution in [0.2, 0.25) is 0 Å². The van der Waals surface area contributed by atoms with Crippen molar-refractivity contribution in [2.45, 2.75) is 19.8 Å². The molecule has 0 fully saturated rings. The van der Waals surface area contributed by atoms with Crippen molar-refractivity contribution in [3.63, 3.8) is 0 Å². The summed E-state index contributed by atoms with van der Waals surface area (Å²) in [6.45, 7) is 3.81. The van der Waals surface area contributed by atoms with Gasteiger partial charge in [0.25, 0.3) is 0 Å². The van der Waals surface area contributed by atoms with Crippen molar-refractivity contribution in [1.29, 1.82) is 0 Å². The average Bonchev–Trinajstić information content (AvgIpc) is 2.58. The number of halogens is 2. The molecule has 0 atom stereocenters. The van der Waals surface area contributed by atoms with Crippen LogP contribution < -0.4 is 5.73 Å². The minimum Gasteiger partial charge on any atom is -0.367 e. The van der Waals surface area contributed by atoms with Crippen LogP contribution in [-0.4, -0.2) is 5.16 Å². The van der Waals surface area contributed by atoms with E-state index < -0.39 is 11.6 Å². The molecule has 0 amide bonds. The summed E-state index contributed by atoms with van der Waals surface area (Å²) in [7, 11) is 0. The fourth-order valence-electron chi connectivity index (χ4n) is 1.77. The van der Waals surface area contributed by atoms with Crippen LogP contribution in [0.5, 0.6) is 0 Å². The summed E-state index contributed by atoms with van der Waals surface area (Å²) < 4.78 is 31.1. The molecule has 0 aliphatic heterocycles. The predicted octanol–water partition coefficient (Wildman–Crippen LogP) is 3.33. The van der Waals surface area contributed by atoms with Crippen LogP contribution >= 0.6 is 0 Å². The van der Waals surface area contributed by atoms with Gasteiger partial charge in [-0.25, -0.2) is 8.78 Å². The number of rotatable bonds is 2. The lowest BCUT2D eigenvalue weighted by Crippen LogP contribution is -1.95. The highest BCUT2D eigenvalue weighted by molar-refractivity contribution is 5.67. The first kappa shape index (κ1) is 11.6. The molecule has 2 aromatic rings. The van der Waals surface area contributed by atoms with Crippen molar-refractivity contribution in [3.8, 4) is 11.3 Å². The Morgan fingerprint density at radius 1 is 1.18 bits per heavy atom. The molecule has 0 unspecified atom stereocenters. The predicted molar refractivity (Wildman–Crippen MR) is 60.4 cm³/mol. The Balaban J connectivity index is 2.60. The molecule has 3 nitrogen and oxygen atoms in total. The van der Waals surface area contributed by atoms with E-state index in [9.17, 15) is 8.78 Å². The molecule has 0 aliphatic carbocycles. The van der Waals surface area contributed by atoms with Crippen molar-refractivity contribution >= 4 is 5.88 Å². The van der Waals surface area contributed by atoms with Crippen LogP contribution in [-0.2, 0) is 0 Å². The molecule has 1 aromatic carbocycles. The smallest absolute Gasteiger partial charge is 0.226 e. The monoisotopic (exact) mass is 238 g/mol. The molecule has 0 radical (unpaired) electrons. The van der Waals surface area contributed by atoms with Gasteiger partial charge in [0, 0.05) is 17.2 Å². The van der Waals surface area contributed by atoms with Crippen LogP contribution in [0.3, 0.4) is 0 Å². The molecule has 1 heterocycles. The van der Waals surface area contributed by atoms with Crippen molar-refractivity contribution in [2.75, 3.05) is 5.73 Å². The highest BCUT2D eigenvalue weighted by atomic mass is 19.1. The number of anilines is 1. The second-order valence-electron chi connectivity index (χ2n) is 4.12. The van der Waals surface area contributed by atoms with Gasteiger partial charge in [0.2, 0.25) is 5.88 Å². The molecule has 1 aromatic heterocycles. The lowest BCUT2D eigenvalue weighted by molar-refractivity contribution is 0.438. The number of benzene rings is 1. The molecule has 0 saturated carbocycles. The van der Waals surface area contributed by atoms with Crippen LogP contribution in [0.1, 0.15) is 25.3 Å². The number of hydrogen-bond donors (Lipinski definition) is 1. The van der Waals surface area contributed by atoms with E-state index in [2.05, 4.69) is 5.16 Å². The Morgan fingerprint density at radius 3 is 2.29 bits per heavy atom. The molecular weight excluding hydrogens is 226 g/mol. The standard InChI is InChI=1S/C12H12F2N2O/c1-6(2)10-11(16-17-12(10)15)7-3-8(13)5-9(14)4-7/h3-6H,15H2,1-2H3. The highest BCUT2D eigenvalue weighted by Gasteiger charge is 2.19. The van der Waals surface area contributed by atoms with Gasteiger partial charge in [-0.1, -0.05) is 19.0 Å². The average molecular weight is 238 g/mol. The summed E-state index contributed by atoms with van der Waals surface area (Å²) in [6.07, 6.45) is 0. The quantitative estimate of drug-likeness (QED) is 0.873. The summed E-state index contributed by atoms with van der Waals surface area (Å²) in [5.74, 6) is -1.07. The van der Waals surface area contributed by atoms with E-state index in [0.717, 1.165) is 6.07 Å². The lowest BCUT2D eigenvalue weighted by atomic mass is 9.99. The second kappa shape index (κ2) is 4.16. The van der Waals surface area contributed by atoms with E-state index in [1.54, 1.807) is 0 Å². The molecule has 5 heteroatoms. The normalized spacial score (nSPS) is 11.1. The molecule has 2 N–H and O–H groups in total. The zero-order valence-corrected chi connectivity index (χ0v) is 9.50. The fourth-order valence-corrected chi connectivity index (χ4v) is 1.77. The van der Waals surface area contributed by atoms with Crippen molar-refractivity contribution in [2.24, 2.45) is 0 Å². The van der Waals surface area contributed by atoms with Crippen LogP contribution in [0.25, 0.3) is 11.3 Å². The first-order valence-corrected chi connectivity index (χ1v) is 5.20. The van der Waals surface area contributed by atoms with Gasteiger partial charge in [-0.05, 0) is 18.1 Å². The highest BCUT2D eigenvalue weighted by Crippen LogP contribution is 2.33. The molecule has 90 valence electrons. The van der Waals surface area contributed by atoms with E-state index in [-0.39, 0.29) is 11.8 Å². The first-order chi connectivity index (χ1) is 7.99. The molecule has 0 spiro atoms. The largest absolute Gasteiger partial charge is 0.367 e. The van der Waals surface area contributed by atoms with Crippen molar-refractivity contribution in [3.05, 3.63) is 35.4 Å². The van der Waals surface area contributed by atoms with E-state index in [4.69, 9.17) is 10.3 Å². The third-order valence-corrected chi connectivity index (χ3v) is 2.47. The van der Waals surface area contributed by atoms with Crippen molar-refractivity contribution in [1.82, 2.24) is 5.16 Å². The van der Waals surface area contributed by atoms with Gasteiger partial charge >= 0.3 is 0 Å². The van der Waals surface area contributed by atoms with Gasteiger partial charge in [0.1, 0.15) is 17.3 Å². The molecule has 0 saturated heterocycles. The summed E-state index contributed by atoms with van der Waals surface area (Å²) in [6, 6.07) is 3.21. The number of hydrogen-bond acceptors (Lipinski definition) is 3. The first-order valence-electron chi connectivity index (χ1n) is 5.20. The van der Waals surface area contributed by atoms with E-state index in [0.29, 0.717) is 16.8 Å². The SMILES string of the molecule is CC(C)c1c(-c2cc(F)cc(F)c2)noc1N. The number of nitrogens with two attached hydrogens (primary N) is 1. The number of aromatic nitrogens is 1. The Hall–Kier alpha value is -1.91.